The van der Waals surface area contributed by atoms with Gasteiger partial charge in [0, 0.05) is 21.9 Å². The SMILES string of the molecule is O=C(Nc1ccccc1)N1CCC(CN2c3ccccc3Sc3ccccc32)=N1. The van der Waals surface area contributed by atoms with Crippen molar-refractivity contribution in [2.75, 3.05) is 23.3 Å². The summed E-state index contributed by atoms with van der Waals surface area (Å²) < 4.78 is 0. The molecule has 1 N–H and O–H groups in total. The summed E-state index contributed by atoms with van der Waals surface area (Å²) >= 11 is 1.79. The molecule has 3 aromatic rings. The molecule has 5 rings (SSSR count). The number of hydrogen-bond donors (Lipinski definition) is 1. The van der Waals surface area contributed by atoms with Crippen molar-refractivity contribution in [3.63, 3.8) is 0 Å². The maximum absolute atomic E-state index is 12.5. The second-order valence-electron chi connectivity index (χ2n) is 6.96. The molecule has 0 aliphatic carbocycles. The number of para-hydroxylation sites is 3. The van der Waals surface area contributed by atoms with E-state index in [1.165, 1.54) is 26.2 Å². The Kier molecular flexibility index (Phi) is 4.69. The smallest absolute Gasteiger partial charge is 0.334 e. The van der Waals surface area contributed by atoms with Crippen molar-refractivity contribution in [1.82, 2.24) is 5.01 Å². The molecular weight excluding hydrogens is 380 g/mol. The topological polar surface area (TPSA) is 47.9 Å². The van der Waals surface area contributed by atoms with E-state index in [1.54, 1.807) is 11.8 Å². The zero-order valence-corrected chi connectivity index (χ0v) is 16.6. The van der Waals surface area contributed by atoms with Crippen LogP contribution >= 0.6 is 11.8 Å². The first-order chi connectivity index (χ1) is 14.3. The lowest BCUT2D eigenvalue weighted by molar-refractivity contribution is 0.219. The molecule has 0 bridgehead atoms. The Labute approximate surface area is 174 Å². The van der Waals surface area contributed by atoms with E-state index in [1.807, 2.05) is 30.3 Å². The number of benzene rings is 3. The second-order valence-corrected chi connectivity index (χ2v) is 8.04. The van der Waals surface area contributed by atoms with Gasteiger partial charge in [0.15, 0.2) is 0 Å². The number of carbonyl (C=O) groups excluding carboxylic acids is 1. The number of nitrogens with zero attached hydrogens (tertiary/aromatic N) is 3. The van der Waals surface area contributed by atoms with E-state index < -0.39 is 0 Å². The fourth-order valence-corrected chi connectivity index (χ4v) is 4.70. The van der Waals surface area contributed by atoms with Crippen molar-refractivity contribution in [3.8, 4) is 0 Å². The number of anilines is 3. The van der Waals surface area contributed by atoms with Crippen molar-refractivity contribution in [2.24, 2.45) is 5.10 Å². The van der Waals surface area contributed by atoms with E-state index in [4.69, 9.17) is 0 Å². The third-order valence-corrected chi connectivity index (χ3v) is 6.14. The number of carbonyl (C=O) groups is 1. The summed E-state index contributed by atoms with van der Waals surface area (Å²) in [6, 6.07) is 26.1. The number of hydrogen-bond acceptors (Lipinski definition) is 4. The van der Waals surface area contributed by atoms with Crippen LogP contribution in [-0.2, 0) is 0 Å². The Hall–Kier alpha value is -3.25. The molecule has 6 heteroatoms. The lowest BCUT2D eigenvalue weighted by Crippen LogP contribution is -2.28. The summed E-state index contributed by atoms with van der Waals surface area (Å²) in [6.07, 6.45) is 0.774. The number of fused-ring (bicyclic) bond motifs is 2. The number of hydrazone groups is 1. The van der Waals surface area contributed by atoms with Crippen LogP contribution in [0.4, 0.5) is 21.9 Å². The van der Waals surface area contributed by atoms with Crippen LogP contribution in [0.15, 0.2) is 93.8 Å². The quantitative estimate of drug-likeness (QED) is 0.624. The molecule has 2 aliphatic rings. The van der Waals surface area contributed by atoms with Gasteiger partial charge in [-0.2, -0.15) is 5.10 Å². The van der Waals surface area contributed by atoms with Gasteiger partial charge in [-0.05, 0) is 36.4 Å². The Morgan fingerprint density at radius 2 is 1.52 bits per heavy atom. The van der Waals surface area contributed by atoms with Crippen molar-refractivity contribution >= 4 is 40.6 Å². The number of urea groups is 1. The van der Waals surface area contributed by atoms with Crippen LogP contribution in [0.3, 0.4) is 0 Å². The first-order valence-corrected chi connectivity index (χ1v) is 10.4. The van der Waals surface area contributed by atoms with Gasteiger partial charge in [0.05, 0.1) is 30.2 Å². The zero-order valence-electron chi connectivity index (χ0n) is 15.8. The third kappa shape index (κ3) is 3.59. The van der Waals surface area contributed by atoms with Gasteiger partial charge in [0.25, 0.3) is 0 Å². The van der Waals surface area contributed by atoms with Gasteiger partial charge in [-0.25, -0.2) is 9.80 Å². The molecule has 144 valence electrons. The minimum absolute atomic E-state index is 0.193. The Balaban J connectivity index is 1.37. The van der Waals surface area contributed by atoms with Gasteiger partial charge in [0.1, 0.15) is 0 Å². The molecule has 29 heavy (non-hydrogen) atoms. The molecule has 0 saturated heterocycles. The largest absolute Gasteiger partial charge is 0.342 e. The van der Waals surface area contributed by atoms with Crippen molar-refractivity contribution in [3.05, 3.63) is 78.9 Å². The first-order valence-electron chi connectivity index (χ1n) is 9.61. The van der Waals surface area contributed by atoms with Gasteiger partial charge in [-0.3, -0.25) is 0 Å². The van der Waals surface area contributed by atoms with Crippen LogP contribution in [0, 0.1) is 0 Å². The Morgan fingerprint density at radius 1 is 0.897 bits per heavy atom. The minimum atomic E-state index is -0.193. The number of amides is 2. The molecule has 5 nitrogen and oxygen atoms in total. The third-order valence-electron chi connectivity index (χ3n) is 5.01. The normalized spacial score (nSPS) is 14.8. The highest BCUT2D eigenvalue weighted by molar-refractivity contribution is 7.99. The lowest BCUT2D eigenvalue weighted by Gasteiger charge is -2.32. The first kappa shape index (κ1) is 17.8. The summed E-state index contributed by atoms with van der Waals surface area (Å²) in [7, 11) is 0. The second kappa shape index (κ2) is 7.64. The zero-order chi connectivity index (χ0) is 19.6. The van der Waals surface area contributed by atoms with Crippen LogP contribution in [0.5, 0.6) is 0 Å². The molecular formula is C23H20N4OS. The van der Waals surface area contributed by atoms with Crippen molar-refractivity contribution in [1.29, 1.82) is 0 Å². The van der Waals surface area contributed by atoms with E-state index in [0.717, 1.165) is 17.8 Å². The number of nitrogens with one attached hydrogen (secondary N) is 1. The summed E-state index contributed by atoms with van der Waals surface area (Å²) in [5.74, 6) is 0. The lowest BCUT2D eigenvalue weighted by atomic mass is 10.2. The van der Waals surface area contributed by atoms with E-state index in [-0.39, 0.29) is 6.03 Å². The standard InChI is InChI=1S/C23H20N4OS/c28-23(24-17-8-2-1-3-9-17)27-15-14-18(25-27)16-26-19-10-4-6-12-21(19)29-22-13-7-5-11-20(22)26/h1-13H,14-16H2,(H,24,28). The predicted molar refractivity (Wildman–Crippen MR) is 118 cm³/mol. The maximum atomic E-state index is 12.5. The highest BCUT2D eigenvalue weighted by Gasteiger charge is 2.27. The Morgan fingerprint density at radius 3 is 2.21 bits per heavy atom. The van der Waals surface area contributed by atoms with Crippen LogP contribution in [0.2, 0.25) is 0 Å². The molecule has 0 radical (unpaired) electrons. The Bertz CT molecular complexity index is 1040. The highest BCUT2D eigenvalue weighted by Crippen LogP contribution is 2.47. The van der Waals surface area contributed by atoms with Crippen molar-refractivity contribution in [2.45, 2.75) is 16.2 Å². The summed E-state index contributed by atoms with van der Waals surface area (Å²) in [5, 5.41) is 9.04. The molecule has 2 aliphatic heterocycles. The van der Waals surface area contributed by atoms with E-state index in [2.05, 4.69) is 63.8 Å². The van der Waals surface area contributed by atoms with E-state index >= 15 is 0 Å². The van der Waals surface area contributed by atoms with Gasteiger partial charge >= 0.3 is 6.03 Å². The van der Waals surface area contributed by atoms with Gasteiger partial charge in [-0.15, -0.1) is 0 Å². The molecule has 0 saturated carbocycles. The molecule has 0 aromatic heterocycles. The average Bonchev–Trinajstić information content (AvgIpc) is 3.23. The van der Waals surface area contributed by atoms with Gasteiger partial charge < -0.3 is 10.2 Å². The van der Waals surface area contributed by atoms with Crippen LogP contribution in [-0.4, -0.2) is 29.8 Å². The van der Waals surface area contributed by atoms with Crippen molar-refractivity contribution < 1.29 is 4.79 Å². The number of rotatable bonds is 3. The minimum Gasteiger partial charge on any atom is -0.334 e. The molecule has 0 unspecified atom stereocenters. The predicted octanol–water partition coefficient (Wildman–Crippen LogP) is 5.58. The fourth-order valence-electron chi connectivity index (χ4n) is 3.61. The van der Waals surface area contributed by atoms with Crippen LogP contribution in [0.25, 0.3) is 0 Å². The molecule has 0 atom stereocenters. The molecule has 0 fully saturated rings. The molecule has 2 heterocycles. The summed E-state index contributed by atoms with van der Waals surface area (Å²) in [6.45, 7) is 1.27. The monoisotopic (exact) mass is 400 g/mol. The fraction of sp³-hybridized carbons (Fsp3) is 0.130. The van der Waals surface area contributed by atoms with Gasteiger partial charge in [-0.1, -0.05) is 54.2 Å². The maximum Gasteiger partial charge on any atom is 0.342 e. The van der Waals surface area contributed by atoms with Gasteiger partial charge in [0.2, 0.25) is 0 Å². The van der Waals surface area contributed by atoms with E-state index in [9.17, 15) is 4.79 Å². The van der Waals surface area contributed by atoms with Crippen LogP contribution < -0.4 is 10.2 Å². The van der Waals surface area contributed by atoms with E-state index in [0.29, 0.717) is 13.1 Å². The summed E-state index contributed by atoms with van der Waals surface area (Å²) in [4.78, 5) is 17.3. The highest BCUT2D eigenvalue weighted by atomic mass is 32.2. The average molecular weight is 401 g/mol. The molecule has 3 aromatic carbocycles. The summed E-state index contributed by atoms with van der Waals surface area (Å²) in [5.41, 5.74) is 4.15. The van der Waals surface area contributed by atoms with Crippen LogP contribution in [0.1, 0.15) is 6.42 Å². The molecule has 0 spiro atoms. The molecule has 2 amide bonds.